The number of piperidine rings is 1. The standard InChI is InChI=1S/C16H19BClN5O2/c1-25-15-3-2-10(5-21-15)16(17,24)23-11-4-12(23)9-22(8-11)14-7-19-13(18)6-20-14/h2-3,5-7,11-12,24H,4,8-9,17H2,1H3. The van der Waals surface area contributed by atoms with Crippen LogP contribution in [0.15, 0.2) is 30.7 Å². The Morgan fingerprint density at radius 3 is 2.52 bits per heavy atom. The van der Waals surface area contributed by atoms with Crippen molar-refractivity contribution in [1.29, 1.82) is 0 Å². The minimum absolute atomic E-state index is 0.258. The van der Waals surface area contributed by atoms with Gasteiger partial charge in [0.1, 0.15) is 16.6 Å². The lowest BCUT2D eigenvalue weighted by Crippen LogP contribution is -2.74. The number of hydrogen-bond acceptors (Lipinski definition) is 7. The minimum Gasteiger partial charge on any atom is -0.481 e. The molecule has 2 aromatic heterocycles. The van der Waals surface area contributed by atoms with E-state index in [1.165, 1.54) is 0 Å². The highest BCUT2D eigenvalue weighted by atomic mass is 35.5. The van der Waals surface area contributed by atoms with Crippen molar-refractivity contribution in [3.05, 3.63) is 41.4 Å². The van der Waals surface area contributed by atoms with E-state index in [9.17, 15) is 5.11 Å². The number of piperazine rings is 1. The first-order chi connectivity index (χ1) is 12.0. The largest absolute Gasteiger partial charge is 0.481 e. The highest BCUT2D eigenvalue weighted by molar-refractivity contribution is 6.29. The number of methoxy groups -OCH3 is 1. The summed E-state index contributed by atoms with van der Waals surface area (Å²) >= 11 is 5.81. The predicted molar refractivity (Wildman–Crippen MR) is 96.5 cm³/mol. The van der Waals surface area contributed by atoms with Crippen LogP contribution in [0.2, 0.25) is 5.15 Å². The third-order valence-electron chi connectivity index (χ3n) is 5.12. The van der Waals surface area contributed by atoms with Gasteiger partial charge in [-0.05, 0) is 12.5 Å². The van der Waals surface area contributed by atoms with Crippen LogP contribution in [0, 0.1) is 0 Å². The van der Waals surface area contributed by atoms with Crippen LogP contribution in [-0.2, 0) is 5.62 Å². The average molecular weight is 360 g/mol. The van der Waals surface area contributed by atoms with Gasteiger partial charge in [-0.15, -0.1) is 0 Å². The summed E-state index contributed by atoms with van der Waals surface area (Å²) in [4.78, 5) is 17.0. The molecular formula is C16H19BClN5O2. The van der Waals surface area contributed by atoms with Crippen LogP contribution in [0.3, 0.4) is 0 Å². The van der Waals surface area contributed by atoms with E-state index in [2.05, 4.69) is 24.8 Å². The molecule has 9 heteroatoms. The maximum Gasteiger partial charge on any atom is 0.212 e. The highest BCUT2D eigenvalue weighted by Gasteiger charge is 2.52. The first-order valence-corrected chi connectivity index (χ1v) is 8.60. The van der Waals surface area contributed by atoms with Gasteiger partial charge in [-0.25, -0.2) is 15.0 Å². The number of fused-ring (bicyclic) bond motifs is 2. The van der Waals surface area contributed by atoms with E-state index in [0.29, 0.717) is 11.0 Å². The molecule has 3 unspecified atom stereocenters. The topological polar surface area (TPSA) is 74.6 Å². The molecule has 7 nitrogen and oxygen atoms in total. The van der Waals surface area contributed by atoms with Crippen LogP contribution in [0.5, 0.6) is 5.88 Å². The van der Waals surface area contributed by atoms with E-state index in [1.54, 1.807) is 31.8 Å². The Morgan fingerprint density at radius 1 is 1.20 bits per heavy atom. The van der Waals surface area contributed by atoms with E-state index in [4.69, 9.17) is 16.3 Å². The molecule has 130 valence electrons. The summed E-state index contributed by atoms with van der Waals surface area (Å²) in [6.07, 6.45) is 6.00. The van der Waals surface area contributed by atoms with Crippen LogP contribution in [-0.4, -0.2) is 65.1 Å². The summed E-state index contributed by atoms with van der Waals surface area (Å²) < 4.78 is 5.09. The summed E-state index contributed by atoms with van der Waals surface area (Å²) in [6.45, 7) is 1.60. The molecule has 3 aliphatic heterocycles. The number of nitrogens with zero attached hydrogens (tertiary/aromatic N) is 5. The molecule has 3 aliphatic rings. The second-order valence-corrected chi connectivity index (χ2v) is 7.05. The summed E-state index contributed by atoms with van der Waals surface area (Å²) in [5, 5.41) is 11.5. The molecule has 0 aliphatic carbocycles. The molecule has 3 saturated heterocycles. The number of hydrogen-bond donors (Lipinski definition) is 1. The summed E-state index contributed by atoms with van der Waals surface area (Å²) in [6, 6.07) is 4.15. The minimum atomic E-state index is -1.06. The molecule has 5 heterocycles. The van der Waals surface area contributed by atoms with Crippen LogP contribution >= 0.6 is 11.6 Å². The first kappa shape index (κ1) is 16.6. The fourth-order valence-corrected chi connectivity index (χ4v) is 4.00. The van der Waals surface area contributed by atoms with Crippen LogP contribution in [0.25, 0.3) is 0 Å². The van der Waals surface area contributed by atoms with Gasteiger partial charge in [0.2, 0.25) is 5.88 Å². The van der Waals surface area contributed by atoms with Crippen molar-refractivity contribution in [1.82, 2.24) is 19.9 Å². The van der Waals surface area contributed by atoms with Gasteiger partial charge in [0.15, 0.2) is 7.85 Å². The van der Waals surface area contributed by atoms with Crippen molar-refractivity contribution in [2.45, 2.75) is 24.1 Å². The Hall–Kier alpha value is -1.90. The number of aliphatic hydroxyl groups is 1. The van der Waals surface area contributed by atoms with Gasteiger partial charge in [0, 0.05) is 43.0 Å². The maximum absolute atomic E-state index is 11.1. The summed E-state index contributed by atoms with van der Waals surface area (Å²) in [5.74, 6) is 1.36. The zero-order valence-electron chi connectivity index (χ0n) is 14.1. The van der Waals surface area contributed by atoms with Crippen molar-refractivity contribution in [3.63, 3.8) is 0 Å². The van der Waals surface area contributed by atoms with Crippen molar-refractivity contribution in [3.8, 4) is 5.88 Å². The third kappa shape index (κ3) is 2.84. The maximum atomic E-state index is 11.1. The second kappa shape index (κ2) is 6.12. The number of pyridine rings is 1. The Balaban J connectivity index is 1.50. The monoisotopic (exact) mass is 359 g/mol. The fourth-order valence-electron chi connectivity index (χ4n) is 3.91. The molecule has 0 radical (unpaired) electrons. The molecule has 5 rings (SSSR count). The smallest absolute Gasteiger partial charge is 0.212 e. The average Bonchev–Trinajstić information content (AvgIpc) is 2.62. The normalized spacial score (nSPS) is 25.2. The van der Waals surface area contributed by atoms with E-state index in [-0.39, 0.29) is 12.1 Å². The molecule has 1 N–H and O–H groups in total. The van der Waals surface area contributed by atoms with Gasteiger partial charge < -0.3 is 14.7 Å². The molecule has 0 aromatic carbocycles. The lowest BCUT2D eigenvalue weighted by atomic mass is 9.74. The van der Waals surface area contributed by atoms with E-state index >= 15 is 0 Å². The van der Waals surface area contributed by atoms with Crippen LogP contribution < -0.4 is 9.64 Å². The Bertz CT molecular complexity index is 746. The predicted octanol–water partition coefficient (Wildman–Crippen LogP) is 0.232. The number of halogens is 1. The number of anilines is 1. The van der Waals surface area contributed by atoms with E-state index < -0.39 is 5.62 Å². The summed E-state index contributed by atoms with van der Waals surface area (Å²) in [7, 11) is 3.40. The molecule has 2 bridgehead atoms. The van der Waals surface area contributed by atoms with Crippen LogP contribution in [0.4, 0.5) is 5.82 Å². The van der Waals surface area contributed by atoms with E-state index in [0.717, 1.165) is 30.9 Å². The van der Waals surface area contributed by atoms with Gasteiger partial charge in [0.05, 0.1) is 19.5 Å². The van der Waals surface area contributed by atoms with Crippen LogP contribution in [0.1, 0.15) is 12.0 Å². The second-order valence-electron chi connectivity index (χ2n) is 6.66. The van der Waals surface area contributed by atoms with Crippen molar-refractivity contribution in [2.24, 2.45) is 0 Å². The quantitative estimate of drug-likeness (QED) is 0.783. The van der Waals surface area contributed by atoms with Gasteiger partial charge in [-0.1, -0.05) is 11.6 Å². The molecule has 0 spiro atoms. The molecular weight excluding hydrogens is 340 g/mol. The number of rotatable bonds is 4. The van der Waals surface area contributed by atoms with Crippen molar-refractivity contribution >= 4 is 25.3 Å². The van der Waals surface area contributed by atoms with E-state index in [1.807, 2.05) is 13.9 Å². The molecule has 3 atom stereocenters. The highest BCUT2D eigenvalue weighted by Crippen LogP contribution is 2.41. The van der Waals surface area contributed by atoms with Gasteiger partial charge in [-0.3, -0.25) is 4.90 Å². The molecule has 0 amide bonds. The molecule has 0 saturated carbocycles. The molecule has 2 aromatic rings. The Morgan fingerprint density at radius 2 is 1.96 bits per heavy atom. The Labute approximate surface area is 152 Å². The number of ether oxygens (including phenoxy) is 1. The first-order valence-electron chi connectivity index (χ1n) is 8.23. The summed E-state index contributed by atoms with van der Waals surface area (Å²) in [5.41, 5.74) is -0.298. The van der Waals surface area contributed by atoms with Crippen molar-refractivity contribution in [2.75, 3.05) is 25.1 Å². The lowest BCUT2D eigenvalue weighted by Gasteiger charge is -2.61. The van der Waals surface area contributed by atoms with Gasteiger partial charge >= 0.3 is 0 Å². The van der Waals surface area contributed by atoms with Crippen molar-refractivity contribution < 1.29 is 9.84 Å². The van der Waals surface area contributed by atoms with Gasteiger partial charge in [-0.2, -0.15) is 0 Å². The molecule has 3 fully saturated rings. The SMILES string of the molecule is BC(O)(c1ccc(OC)nc1)N1C2CC1CN(c1cnc(Cl)cn1)C2. The molecule has 25 heavy (non-hydrogen) atoms. The lowest BCUT2D eigenvalue weighted by molar-refractivity contribution is -0.157. The fraction of sp³-hybridized carbons (Fsp3) is 0.438. The third-order valence-corrected chi connectivity index (χ3v) is 5.31. The number of aromatic nitrogens is 3. The zero-order chi connectivity index (χ0) is 17.6. The zero-order valence-corrected chi connectivity index (χ0v) is 14.9. The van der Waals surface area contributed by atoms with Gasteiger partial charge in [0.25, 0.3) is 0 Å². The Kier molecular flexibility index (Phi) is 4.06.